The van der Waals surface area contributed by atoms with E-state index in [1.165, 1.54) is 0 Å². The van der Waals surface area contributed by atoms with Crippen molar-refractivity contribution in [2.75, 3.05) is 5.75 Å². The molecule has 0 saturated heterocycles. The number of benzene rings is 1. The molecule has 6 heteroatoms. The van der Waals surface area contributed by atoms with Crippen LogP contribution < -0.4 is 0 Å². The Morgan fingerprint density at radius 2 is 2.00 bits per heavy atom. The third-order valence-electron chi connectivity index (χ3n) is 2.30. The van der Waals surface area contributed by atoms with Crippen molar-refractivity contribution in [3.8, 4) is 0 Å². The molecule has 2 atom stereocenters. The fourth-order valence-electron chi connectivity index (χ4n) is 1.42. The van der Waals surface area contributed by atoms with Gasteiger partial charge in [-0.05, 0) is 35.9 Å². The molecule has 0 aromatic heterocycles. The van der Waals surface area contributed by atoms with Crippen molar-refractivity contribution in [3.05, 3.63) is 35.1 Å². The van der Waals surface area contributed by atoms with Crippen LogP contribution in [0.1, 0.15) is 28.4 Å². The number of carboxylic acid groups (broad SMARTS) is 1. The molecule has 17 heavy (non-hydrogen) atoms. The average Bonchev–Trinajstić information content (AvgIpc) is 2.27. The maximum atomic E-state index is 13.1. The first-order valence-electron chi connectivity index (χ1n) is 4.96. The zero-order chi connectivity index (χ0) is 13.0. The number of hydrogen-bond acceptors (Lipinski definition) is 4. The second-order valence-electron chi connectivity index (χ2n) is 3.60. The van der Waals surface area contributed by atoms with E-state index in [1.54, 1.807) is 0 Å². The van der Waals surface area contributed by atoms with Gasteiger partial charge in [-0.25, -0.2) is 9.18 Å². The molecule has 1 aromatic carbocycles. The molecule has 1 aromatic rings. The average molecular weight is 260 g/mol. The van der Waals surface area contributed by atoms with Crippen molar-refractivity contribution in [3.63, 3.8) is 0 Å². The van der Waals surface area contributed by atoms with Crippen LogP contribution in [0, 0.1) is 5.82 Å². The van der Waals surface area contributed by atoms with Gasteiger partial charge in [0.25, 0.3) is 0 Å². The van der Waals surface area contributed by atoms with Gasteiger partial charge in [-0.1, -0.05) is 0 Å². The van der Waals surface area contributed by atoms with Gasteiger partial charge >= 0.3 is 5.97 Å². The van der Waals surface area contributed by atoms with Gasteiger partial charge in [-0.15, -0.1) is 0 Å². The van der Waals surface area contributed by atoms with Crippen molar-refractivity contribution >= 4 is 18.6 Å². The van der Waals surface area contributed by atoms with Gasteiger partial charge in [0.1, 0.15) is 11.9 Å². The minimum atomic E-state index is -1.32. The lowest BCUT2D eigenvalue weighted by atomic mass is 10.0. The highest BCUT2D eigenvalue weighted by Crippen LogP contribution is 2.21. The number of aromatic carboxylic acids is 1. The predicted octanol–water partition coefficient (Wildman–Crippen LogP) is 1.24. The standard InChI is InChI=1S/C11H13FO4S/c12-8-4-6(3-7(5-8)11(15)16)10(14)9(13)1-2-17/h3-5,9-10,13-14,17H,1-2H2,(H,15,16). The fraction of sp³-hybridized carbons (Fsp3) is 0.364. The Morgan fingerprint density at radius 3 is 2.53 bits per heavy atom. The van der Waals surface area contributed by atoms with E-state index >= 15 is 0 Å². The Balaban J connectivity index is 3.01. The molecule has 94 valence electrons. The highest BCUT2D eigenvalue weighted by Gasteiger charge is 2.20. The lowest BCUT2D eigenvalue weighted by Gasteiger charge is -2.17. The molecule has 2 unspecified atom stereocenters. The Kier molecular flexibility index (Phi) is 4.92. The van der Waals surface area contributed by atoms with E-state index in [0.717, 1.165) is 18.2 Å². The number of aliphatic hydroxyl groups is 2. The number of aliphatic hydroxyl groups excluding tert-OH is 2. The molecule has 1 rings (SSSR count). The van der Waals surface area contributed by atoms with E-state index in [4.69, 9.17) is 5.11 Å². The summed E-state index contributed by atoms with van der Waals surface area (Å²) >= 11 is 3.90. The molecule has 0 spiro atoms. The summed E-state index contributed by atoms with van der Waals surface area (Å²) in [4.78, 5) is 10.7. The van der Waals surface area contributed by atoms with E-state index in [2.05, 4.69) is 12.6 Å². The van der Waals surface area contributed by atoms with E-state index < -0.39 is 24.0 Å². The van der Waals surface area contributed by atoms with Crippen LogP contribution in [0.3, 0.4) is 0 Å². The normalized spacial score (nSPS) is 14.4. The largest absolute Gasteiger partial charge is 0.478 e. The molecule has 0 aliphatic carbocycles. The number of hydrogen-bond donors (Lipinski definition) is 4. The van der Waals surface area contributed by atoms with Crippen LogP contribution in [-0.4, -0.2) is 33.1 Å². The Morgan fingerprint density at radius 1 is 1.35 bits per heavy atom. The lowest BCUT2D eigenvalue weighted by Crippen LogP contribution is -2.19. The first kappa shape index (κ1) is 14.0. The van der Waals surface area contributed by atoms with Gasteiger partial charge in [0, 0.05) is 0 Å². The van der Waals surface area contributed by atoms with Gasteiger partial charge < -0.3 is 15.3 Å². The monoisotopic (exact) mass is 260 g/mol. The van der Waals surface area contributed by atoms with Crippen LogP contribution in [0.2, 0.25) is 0 Å². The lowest BCUT2D eigenvalue weighted by molar-refractivity contribution is 0.0170. The van der Waals surface area contributed by atoms with Crippen LogP contribution in [0.4, 0.5) is 4.39 Å². The molecule has 0 radical (unpaired) electrons. The molecule has 4 nitrogen and oxygen atoms in total. The van der Waals surface area contributed by atoms with Crippen LogP contribution >= 0.6 is 12.6 Å². The van der Waals surface area contributed by atoms with E-state index in [1.807, 2.05) is 0 Å². The van der Waals surface area contributed by atoms with Gasteiger partial charge in [0.05, 0.1) is 11.7 Å². The number of carbonyl (C=O) groups is 1. The number of halogens is 1. The van der Waals surface area contributed by atoms with Crippen LogP contribution in [0.15, 0.2) is 18.2 Å². The Labute approximate surface area is 103 Å². The fourth-order valence-corrected chi connectivity index (χ4v) is 1.68. The van der Waals surface area contributed by atoms with E-state index in [-0.39, 0.29) is 17.5 Å². The SMILES string of the molecule is O=C(O)c1cc(F)cc(C(O)C(O)CCS)c1. The molecule has 0 bridgehead atoms. The zero-order valence-electron chi connectivity index (χ0n) is 8.88. The minimum Gasteiger partial charge on any atom is -0.478 e. The van der Waals surface area contributed by atoms with Crippen LogP contribution in [0.25, 0.3) is 0 Å². The summed E-state index contributed by atoms with van der Waals surface area (Å²) in [5, 5.41) is 28.0. The third kappa shape index (κ3) is 3.69. The topological polar surface area (TPSA) is 77.8 Å². The highest BCUT2D eigenvalue weighted by molar-refractivity contribution is 7.80. The minimum absolute atomic E-state index is 0.0386. The smallest absolute Gasteiger partial charge is 0.335 e. The Hall–Kier alpha value is -1.11. The maximum Gasteiger partial charge on any atom is 0.335 e. The summed E-state index contributed by atoms with van der Waals surface area (Å²) < 4.78 is 13.1. The molecular formula is C11H13FO4S. The molecule has 0 heterocycles. The maximum absolute atomic E-state index is 13.1. The highest BCUT2D eigenvalue weighted by atomic mass is 32.1. The van der Waals surface area contributed by atoms with Gasteiger partial charge in [0.2, 0.25) is 0 Å². The van der Waals surface area contributed by atoms with Gasteiger partial charge in [-0.3, -0.25) is 0 Å². The van der Waals surface area contributed by atoms with Crippen LogP contribution in [-0.2, 0) is 0 Å². The number of rotatable bonds is 5. The second kappa shape index (κ2) is 6.00. The van der Waals surface area contributed by atoms with Crippen molar-refractivity contribution in [2.24, 2.45) is 0 Å². The van der Waals surface area contributed by atoms with E-state index in [0.29, 0.717) is 5.75 Å². The zero-order valence-corrected chi connectivity index (χ0v) is 9.77. The van der Waals surface area contributed by atoms with Crippen molar-refractivity contribution in [1.29, 1.82) is 0 Å². The first-order chi connectivity index (χ1) is 7.95. The van der Waals surface area contributed by atoms with E-state index in [9.17, 15) is 19.4 Å². The summed E-state index contributed by atoms with van der Waals surface area (Å²) in [5.41, 5.74) is -0.228. The molecular weight excluding hydrogens is 247 g/mol. The number of carboxylic acids is 1. The van der Waals surface area contributed by atoms with Crippen molar-refractivity contribution in [2.45, 2.75) is 18.6 Å². The van der Waals surface area contributed by atoms with Crippen molar-refractivity contribution in [1.82, 2.24) is 0 Å². The first-order valence-corrected chi connectivity index (χ1v) is 5.59. The quantitative estimate of drug-likeness (QED) is 0.601. The van der Waals surface area contributed by atoms with Crippen molar-refractivity contribution < 1.29 is 24.5 Å². The summed E-state index contributed by atoms with van der Waals surface area (Å²) in [6.45, 7) is 0. The number of thiol groups is 1. The second-order valence-corrected chi connectivity index (χ2v) is 4.05. The summed E-state index contributed by atoms with van der Waals surface area (Å²) in [6.07, 6.45) is -2.20. The third-order valence-corrected chi connectivity index (χ3v) is 2.56. The molecule has 0 aliphatic rings. The molecule has 3 N–H and O–H groups in total. The van der Waals surface area contributed by atoms with Crippen LogP contribution in [0.5, 0.6) is 0 Å². The van der Waals surface area contributed by atoms with Gasteiger partial charge in [0.15, 0.2) is 0 Å². The predicted molar refractivity (Wildman–Crippen MR) is 62.8 cm³/mol. The molecule has 0 saturated carbocycles. The summed E-state index contributed by atoms with van der Waals surface area (Å²) in [7, 11) is 0. The summed E-state index contributed by atoms with van der Waals surface area (Å²) in [6, 6.07) is 2.99. The van der Waals surface area contributed by atoms with Gasteiger partial charge in [-0.2, -0.15) is 12.6 Å². The molecule has 0 amide bonds. The summed E-state index contributed by atoms with van der Waals surface area (Å²) in [5.74, 6) is -1.70. The molecule has 0 aliphatic heterocycles. The Bertz CT molecular complexity index is 410. The molecule has 0 fully saturated rings.